The lowest BCUT2D eigenvalue weighted by Gasteiger charge is -2.28. The van der Waals surface area contributed by atoms with Gasteiger partial charge in [0.15, 0.2) is 0 Å². The second kappa shape index (κ2) is 6.02. The lowest BCUT2D eigenvalue weighted by molar-refractivity contribution is -0.130. The van der Waals surface area contributed by atoms with E-state index in [-0.39, 0.29) is 5.91 Å². The molecular formula is C11H22N2O. The van der Waals surface area contributed by atoms with Crippen LogP contribution in [0.2, 0.25) is 0 Å². The molecule has 1 aliphatic rings. The van der Waals surface area contributed by atoms with Gasteiger partial charge >= 0.3 is 0 Å². The molecule has 3 nitrogen and oxygen atoms in total. The normalized spacial score (nSPS) is 22.0. The van der Waals surface area contributed by atoms with Gasteiger partial charge in [0.1, 0.15) is 0 Å². The monoisotopic (exact) mass is 198 g/mol. The second-order valence-corrected chi connectivity index (χ2v) is 4.17. The molecule has 0 saturated carbocycles. The van der Waals surface area contributed by atoms with Gasteiger partial charge in [0.05, 0.1) is 0 Å². The van der Waals surface area contributed by atoms with E-state index >= 15 is 0 Å². The molecular weight excluding hydrogens is 176 g/mol. The molecule has 1 saturated heterocycles. The molecule has 0 bridgehead atoms. The summed E-state index contributed by atoms with van der Waals surface area (Å²) in [4.78, 5) is 13.4. The van der Waals surface area contributed by atoms with Crippen molar-refractivity contribution in [3.8, 4) is 0 Å². The highest BCUT2D eigenvalue weighted by Crippen LogP contribution is 2.08. The maximum Gasteiger partial charge on any atom is 0.222 e. The molecule has 0 aromatic rings. The number of rotatable bonds is 4. The summed E-state index contributed by atoms with van der Waals surface area (Å²) in [7, 11) is 1.91. The molecule has 1 fully saturated rings. The first-order valence-electron chi connectivity index (χ1n) is 5.71. The van der Waals surface area contributed by atoms with Gasteiger partial charge in [0, 0.05) is 26.1 Å². The fourth-order valence-corrected chi connectivity index (χ4v) is 1.92. The molecule has 0 radical (unpaired) electrons. The van der Waals surface area contributed by atoms with Crippen LogP contribution in [-0.4, -0.2) is 37.0 Å². The first-order chi connectivity index (χ1) is 6.74. The Labute approximate surface area is 86.9 Å². The molecule has 1 unspecified atom stereocenters. The van der Waals surface area contributed by atoms with Gasteiger partial charge in [-0.1, -0.05) is 13.3 Å². The third-order valence-electron chi connectivity index (χ3n) is 2.80. The Balaban J connectivity index is 2.24. The van der Waals surface area contributed by atoms with Crippen LogP contribution >= 0.6 is 0 Å². The Morgan fingerprint density at radius 2 is 2.29 bits per heavy atom. The van der Waals surface area contributed by atoms with Crippen LogP contribution in [0.25, 0.3) is 0 Å². The van der Waals surface area contributed by atoms with E-state index in [1.165, 1.54) is 19.3 Å². The summed E-state index contributed by atoms with van der Waals surface area (Å²) in [6.07, 6.45) is 5.42. The Morgan fingerprint density at radius 3 is 2.86 bits per heavy atom. The van der Waals surface area contributed by atoms with Crippen LogP contribution in [0, 0.1) is 0 Å². The molecule has 0 aromatic carbocycles. The van der Waals surface area contributed by atoms with Crippen LogP contribution in [-0.2, 0) is 4.79 Å². The third kappa shape index (κ3) is 3.66. The van der Waals surface area contributed by atoms with Crippen LogP contribution in [0.5, 0.6) is 0 Å². The molecule has 0 aliphatic carbocycles. The predicted octanol–water partition coefficient (Wildman–Crippen LogP) is 1.39. The Hall–Kier alpha value is -0.570. The van der Waals surface area contributed by atoms with Crippen molar-refractivity contribution < 1.29 is 4.79 Å². The maximum absolute atomic E-state index is 11.5. The first kappa shape index (κ1) is 11.5. The predicted molar refractivity (Wildman–Crippen MR) is 58.2 cm³/mol. The number of carbonyl (C=O) groups is 1. The van der Waals surface area contributed by atoms with E-state index in [9.17, 15) is 4.79 Å². The van der Waals surface area contributed by atoms with Gasteiger partial charge in [-0.15, -0.1) is 0 Å². The van der Waals surface area contributed by atoms with Crippen molar-refractivity contribution in [2.75, 3.05) is 20.1 Å². The van der Waals surface area contributed by atoms with E-state index in [0.29, 0.717) is 12.5 Å². The van der Waals surface area contributed by atoms with Crippen LogP contribution in [0.4, 0.5) is 0 Å². The van der Waals surface area contributed by atoms with Gasteiger partial charge in [-0.3, -0.25) is 4.79 Å². The zero-order valence-electron chi connectivity index (χ0n) is 9.38. The molecule has 14 heavy (non-hydrogen) atoms. The average molecular weight is 198 g/mol. The minimum atomic E-state index is 0.278. The first-order valence-corrected chi connectivity index (χ1v) is 5.71. The molecule has 3 heteroatoms. The number of carbonyl (C=O) groups excluding carboxylic acids is 1. The van der Waals surface area contributed by atoms with Gasteiger partial charge in [0.25, 0.3) is 0 Å². The largest absolute Gasteiger partial charge is 0.344 e. The maximum atomic E-state index is 11.5. The minimum absolute atomic E-state index is 0.278. The van der Waals surface area contributed by atoms with Crippen molar-refractivity contribution in [3.63, 3.8) is 0 Å². The fourth-order valence-electron chi connectivity index (χ4n) is 1.92. The molecule has 0 spiro atoms. The van der Waals surface area contributed by atoms with E-state index in [2.05, 4.69) is 5.32 Å². The summed E-state index contributed by atoms with van der Waals surface area (Å²) in [6.45, 7) is 4.03. The summed E-state index contributed by atoms with van der Waals surface area (Å²) < 4.78 is 0. The van der Waals surface area contributed by atoms with Gasteiger partial charge in [0.2, 0.25) is 5.91 Å². The lowest BCUT2D eigenvalue weighted by Crippen LogP contribution is -2.44. The van der Waals surface area contributed by atoms with E-state index in [0.717, 1.165) is 19.5 Å². The van der Waals surface area contributed by atoms with Crippen molar-refractivity contribution in [2.45, 2.75) is 45.1 Å². The number of piperidine rings is 1. The van der Waals surface area contributed by atoms with Gasteiger partial charge in [-0.05, 0) is 25.8 Å². The van der Waals surface area contributed by atoms with Crippen LogP contribution in [0.1, 0.15) is 39.0 Å². The lowest BCUT2D eigenvalue weighted by atomic mass is 10.0. The molecule has 0 aromatic heterocycles. The zero-order chi connectivity index (χ0) is 10.4. The highest BCUT2D eigenvalue weighted by Gasteiger charge is 2.16. The van der Waals surface area contributed by atoms with Crippen molar-refractivity contribution in [2.24, 2.45) is 0 Å². The fraction of sp³-hybridized carbons (Fsp3) is 0.909. The number of hydrogen-bond donors (Lipinski definition) is 1. The minimum Gasteiger partial charge on any atom is -0.344 e. The van der Waals surface area contributed by atoms with Gasteiger partial charge in [-0.25, -0.2) is 0 Å². The van der Waals surface area contributed by atoms with Crippen LogP contribution in [0.3, 0.4) is 0 Å². The summed E-state index contributed by atoms with van der Waals surface area (Å²) in [5.74, 6) is 0.278. The van der Waals surface area contributed by atoms with Crippen molar-refractivity contribution >= 4 is 5.91 Å². The van der Waals surface area contributed by atoms with Crippen LogP contribution in [0.15, 0.2) is 0 Å². The van der Waals surface area contributed by atoms with E-state index in [1.54, 1.807) is 0 Å². The van der Waals surface area contributed by atoms with E-state index in [1.807, 2.05) is 18.9 Å². The second-order valence-electron chi connectivity index (χ2n) is 4.17. The summed E-state index contributed by atoms with van der Waals surface area (Å²) in [6, 6.07) is 0.523. The number of likely N-dealkylation sites (N-methyl/N-ethyl adjacent to an activating group) is 1. The summed E-state index contributed by atoms with van der Waals surface area (Å²) >= 11 is 0. The van der Waals surface area contributed by atoms with Crippen molar-refractivity contribution in [1.82, 2.24) is 10.2 Å². The van der Waals surface area contributed by atoms with Gasteiger partial charge < -0.3 is 10.2 Å². The summed E-state index contributed by atoms with van der Waals surface area (Å²) in [5, 5.41) is 3.45. The van der Waals surface area contributed by atoms with Gasteiger partial charge in [-0.2, -0.15) is 0 Å². The number of nitrogens with one attached hydrogen (secondary N) is 1. The average Bonchev–Trinajstić information content (AvgIpc) is 2.19. The van der Waals surface area contributed by atoms with E-state index < -0.39 is 0 Å². The van der Waals surface area contributed by atoms with Crippen LogP contribution < -0.4 is 5.32 Å². The SMILES string of the molecule is CCCC(=O)N(C)CC1CCCCN1. The quantitative estimate of drug-likeness (QED) is 0.740. The molecule has 1 atom stereocenters. The highest BCUT2D eigenvalue weighted by molar-refractivity contribution is 5.75. The number of hydrogen-bond acceptors (Lipinski definition) is 2. The zero-order valence-corrected chi connectivity index (χ0v) is 9.38. The Morgan fingerprint density at radius 1 is 1.50 bits per heavy atom. The third-order valence-corrected chi connectivity index (χ3v) is 2.80. The standard InChI is InChI=1S/C11H22N2O/c1-3-6-11(14)13(2)9-10-7-4-5-8-12-10/h10,12H,3-9H2,1-2H3. The molecule has 1 heterocycles. The van der Waals surface area contributed by atoms with E-state index in [4.69, 9.17) is 0 Å². The topological polar surface area (TPSA) is 32.3 Å². The van der Waals surface area contributed by atoms with Crippen molar-refractivity contribution in [1.29, 1.82) is 0 Å². The number of nitrogens with zero attached hydrogens (tertiary/aromatic N) is 1. The summed E-state index contributed by atoms with van der Waals surface area (Å²) in [5.41, 5.74) is 0. The molecule has 1 amide bonds. The van der Waals surface area contributed by atoms with Crippen molar-refractivity contribution in [3.05, 3.63) is 0 Å². The molecule has 1 N–H and O–H groups in total. The highest BCUT2D eigenvalue weighted by atomic mass is 16.2. The Bertz CT molecular complexity index is 176. The molecule has 82 valence electrons. The molecule has 1 aliphatic heterocycles. The smallest absolute Gasteiger partial charge is 0.222 e. The molecule has 1 rings (SSSR count). The number of amides is 1. The Kier molecular flexibility index (Phi) is 4.94.